The largest absolute Gasteiger partial charge is 0.478 e. The lowest BCUT2D eigenvalue weighted by Gasteiger charge is -2.18. The standard InChI is InChI=1S/C11H13NO5/c1-7(2)10(11(13)14)17-9-5-3-8(4-6-9)12(15)16/h3-7,10H,1-2H3,(H,13,14). The summed E-state index contributed by atoms with van der Waals surface area (Å²) in [6.07, 6.45) is -0.962. The Bertz CT molecular complexity index is 412. The Hall–Kier alpha value is -2.11. The van der Waals surface area contributed by atoms with Crippen LogP contribution in [0.2, 0.25) is 0 Å². The van der Waals surface area contributed by atoms with Gasteiger partial charge >= 0.3 is 5.97 Å². The number of hydrogen-bond acceptors (Lipinski definition) is 4. The number of hydrogen-bond donors (Lipinski definition) is 1. The zero-order valence-electron chi connectivity index (χ0n) is 9.49. The average molecular weight is 239 g/mol. The van der Waals surface area contributed by atoms with E-state index >= 15 is 0 Å². The molecule has 0 aliphatic heterocycles. The van der Waals surface area contributed by atoms with Crippen LogP contribution in [-0.4, -0.2) is 22.1 Å². The maximum atomic E-state index is 10.9. The third-order valence-electron chi connectivity index (χ3n) is 2.16. The number of carboxylic acid groups (broad SMARTS) is 1. The monoisotopic (exact) mass is 239 g/mol. The molecule has 0 saturated carbocycles. The summed E-state index contributed by atoms with van der Waals surface area (Å²) < 4.78 is 5.25. The summed E-state index contributed by atoms with van der Waals surface area (Å²) in [5, 5.41) is 19.3. The molecule has 1 N–H and O–H groups in total. The first-order chi connectivity index (χ1) is 7.91. The minimum Gasteiger partial charge on any atom is -0.478 e. The lowest BCUT2D eigenvalue weighted by Crippen LogP contribution is -2.32. The lowest BCUT2D eigenvalue weighted by atomic mass is 10.1. The van der Waals surface area contributed by atoms with Crippen molar-refractivity contribution in [2.75, 3.05) is 0 Å². The van der Waals surface area contributed by atoms with Crippen LogP contribution < -0.4 is 4.74 Å². The first-order valence-electron chi connectivity index (χ1n) is 5.05. The Kier molecular flexibility index (Phi) is 4.03. The van der Waals surface area contributed by atoms with Gasteiger partial charge in [0.25, 0.3) is 5.69 Å². The number of aliphatic carboxylic acids is 1. The molecule has 6 nitrogen and oxygen atoms in total. The Morgan fingerprint density at radius 2 is 1.88 bits per heavy atom. The molecule has 1 atom stereocenters. The van der Waals surface area contributed by atoms with Crippen molar-refractivity contribution < 1.29 is 19.6 Å². The van der Waals surface area contributed by atoms with Crippen molar-refractivity contribution in [1.82, 2.24) is 0 Å². The Morgan fingerprint density at radius 1 is 1.35 bits per heavy atom. The van der Waals surface area contributed by atoms with Crippen molar-refractivity contribution in [2.24, 2.45) is 5.92 Å². The molecular formula is C11H13NO5. The van der Waals surface area contributed by atoms with Gasteiger partial charge in [-0.2, -0.15) is 0 Å². The van der Waals surface area contributed by atoms with Crippen LogP contribution in [0.3, 0.4) is 0 Å². The second kappa shape index (κ2) is 5.29. The first-order valence-corrected chi connectivity index (χ1v) is 5.05. The highest BCUT2D eigenvalue weighted by Gasteiger charge is 2.23. The molecule has 1 rings (SSSR count). The Morgan fingerprint density at radius 3 is 2.24 bits per heavy atom. The average Bonchev–Trinajstić information content (AvgIpc) is 2.25. The molecule has 0 aliphatic rings. The minimum absolute atomic E-state index is 0.0613. The molecule has 0 aliphatic carbocycles. The summed E-state index contributed by atoms with van der Waals surface area (Å²) in [6, 6.07) is 5.32. The van der Waals surface area contributed by atoms with E-state index in [9.17, 15) is 14.9 Å². The molecule has 0 heterocycles. The third-order valence-corrected chi connectivity index (χ3v) is 2.16. The van der Waals surface area contributed by atoms with E-state index in [1.807, 2.05) is 0 Å². The van der Waals surface area contributed by atoms with Crippen LogP contribution in [0.5, 0.6) is 5.75 Å². The van der Waals surface area contributed by atoms with E-state index in [0.717, 1.165) is 0 Å². The molecule has 0 bridgehead atoms. The number of carbonyl (C=O) groups is 1. The van der Waals surface area contributed by atoms with Gasteiger partial charge in [0.2, 0.25) is 0 Å². The second-order valence-corrected chi connectivity index (χ2v) is 3.87. The van der Waals surface area contributed by atoms with Crippen LogP contribution in [-0.2, 0) is 4.79 Å². The van der Waals surface area contributed by atoms with E-state index in [-0.39, 0.29) is 11.6 Å². The highest BCUT2D eigenvalue weighted by Crippen LogP contribution is 2.20. The number of nitro groups is 1. The summed E-state index contributed by atoms with van der Waals surface area (Å²) >= 11 is 0. The predicted octanol–water partition coefficient (Wildman–Crippen LogP) is 2.08. The molecular weight excluding hydrogens is 226 g/mol. The van der Waals surface area contributed by atoms with Crippen LogP contribution in [0.15, 0.2) is 24.3 Å². The number of ether oxygens (including phenoxy) is 1. The fourth-order valence-corrected chi connectivity index (χ4v) is 1.26. The minimum atomic E-state index is -1.06. The fraction of sp³-hybridized carbons (Fsp3) is 0.364. The molecule has 6 heteroatoms. The molecule has 1 aromatic carbocycles. The molecule has 17 heavy (non-hydrogen) atoms. The van der Waals surface area contributed by atoms with E-state index in [0.29, 0.717) is 5.75 Å². The van der Waals surface area contributed by atoms with Crippen LogP contribution in [0.1, 0.15) is 13.8 Å². The van der Waals surface area contributed by atoms with Gasteiger partial charge in [-0.05, 0) is 12.1 Å². The number of carboxylic acids is 1. The Labute approximate surface area is 98.0 Å². The van der Waals surface area contributed by atoms with Crippen LogP contribution in [0, 0.1) is 16.0 Å². The van der Waals surface area contributed by atoms with Gasteiger partial charge in [-0.15, -0.1) is 0 Å². The van der Waals surface area contributed by atoms with E-state index < -0.39 is 17.0 Å². The molecule has 0 amide bonds. The molecule has 0 radical (unpaired) electrons. The predicted molar refractivity (Wildman–Crippen MR) is 60.0 cm³/mol. The van der Waals surface area contributed by atoms with Gasteiger partial charge < -0.3 is 9.84 Å². The molecule has 92 valence electrons. The summed E-state index contributed by atoms with van der Waals surface area (Å²) in [4.78, 5) is 20.8. The highest BCUT2D eigenvalue weighted by molar-refractivity contribution is 5.73. The number of nitro benzene ring substituents is 1. The number of benzene rings is 1. The van der Waals surface area contributed by atoms with Gasteiger partial charge in [-0.1, -0.05) is 13.8 Å². The van der Waals surface area contributed by atoms with Gasteiger partial charge in [0.05, 0.1) is 4.92 Å². The quantitative estimate of drug-likeness (QED) is 0.627. The van der Waals surface area contributed by atoms with Crippen LogP contribution in [0.4, 0.5) is 5.69 Å². The van der Waals surface area contributed by atoms with Crippen molar-refractivity contribution in [2.45, 2.75) is 20.0 Å². The van der Waals surface area contributed by atoms with Crippen molar-refractivity contribution in [3.63, 3.8) is 0 Å². The number of non-ortho nitro benzene ring substituents is 1. The van der Waals surface area contributed by atoms with Gasteiger partial charge in [-0.25, -0.2) is 4.79 Å². The van der Waals surface area contributed by atoms with Crippen molar-refractivity contribution in [3.05, 3.63) is 34.4 Å². The second-order valence-electron chi connectivity index (χ2n) is 3.87. The lowest BCUT2D eigenvalue weighted by molar-refractivity contribution is -0.384. The summed E-state index contributed by atoms with van der Waals surface area (Å²) in [7, 11) is 0. The summed E-state index contributed by atoms with van der Waals surface area (Å²) in [6.45, 7) is 3.45. The fourth-order valence-electron chi connectivity index (χ4n) is 1.26. The van der Waals surface area contributed by atoms with Crippen molar-refractivity contribution >= 4 is 11.7 Å². The number of rotatable bonds is 5. The van der Waals surface area contributed by atoms with Crippen LogP contribution >= 0.6 is 0 Å². The molecule has 0 fully saturated rings. The molecule has 1 aromatic rings. The smallest absolute Gasteiger partial charge is 0.345 e. The topological polar surface area (TPSA) is 89.7 Å². The SMILES string of the molecule is CC(C)C(Oc1ccc([N+](=O)[O-])cc1)C(=O)O. The van der Waals surface area contributed by atoms with Gasteiger partial charge in [0, 0.05) is 18.1 Å². The summed E-state index contributed by atoms with van der Waals surface area (Å²) in [5.41, 5.74) is -0.0613. The maximum absolute atomic E-state index is 10.9. The first kappa shape index (κ1) is 13.0. The van der Waals surface area contributed by atoms with Gasteiger partial charge in [0.1, 0.15) is 5.75 Å². The molecule has 0 spiro atoms. The van der Waals surface area contributed by atoms with Crippen molar-refractivity contribution in [3.8, 4) is 5.75 Å². The van der Waals surface area contributed by atoms with Gasteiger partial charge in [0.15, 0.2) is 6.10 Å². The zero-order chi connectivity index (χ0) is 13.0. The van der Waals surface area contributed by atoms with E-state index in [4.69, 9.17) is 9.84 Å². The van der Waals surface area contributed by atoms with E-state index in [1.165, 1.54) is 24.3 Å². The molecule has 0 saturated heterocycles. The van der Waals surface area contributed by atoms with E-state index in [1.54, 1.807) is 13.8 Å². The van der Waals surface area contributed by atoms with Crippen LogP contribution in [0.25, 0.3) is 0 Å². The van der Waals surface area contributed by atoms with E-state index in [2.05, 4.69) is 0 Å². The van der Waals surface area contributed by atoms with Crippen molar-refractivity contribution in [1.29, 1.82) is 0 Å². The van der Waals surface area contributed by atoms with Gasteiger partial charge in [-0.3, -0.25) is 10.1 Å². The highest BCUT2D eigenvalue weighted by atomic mass is 16.6. The normalized spacial score (nSPS) is 12.2. The number of nitrogens with zero attached hydrogens (tertiary/aromatic N) is 1. The molecule has 1 unspecified atom stereocenters. The zero-order valence-corrected chi connectivity index (χ0v) is 9.49. The third kappa shape index (κ3) is 3.44. The molecule has 0 aromatic heterocycles. The summed E-state index contributed by atoms with van der Waals surface area (Å²) in [5.74, 6) is -0.947. The maximum Gasteiger partial charge on any atom is 0.345 e. The Balaban J connectivity index is 2.80.